The molecular weight excluding hydrogens is 797 g/mol. The van der Waals surface area contributed by atoms with Crippen molar-refractivity contribution in [3.63, 3.8) is 0 Å². The Morgan fingerprint density at radius 1 is 0.152 bits per heavy atom. The number of benzene rings is 9. The van der Waals surface area contributed by atoms with Gasteiger partial charge in [-0.25, -0.2) is 9.97 Å². The minimum absolute atomic E-state index is 0.916. The van der Waals surface area contributed by atoms with Crippen LogP contribution in [-0.2, 0) is 0 Å². The third-order valence-corrected chi connectivity index (χ3v) is 12.3. The Labute approximate surface area is 386 Å². The van der Waals surface area contributed by atoms with Gasteiger partial charge in [-0.05, 0) is 109 Å². The summed E-state index contributed by atoms with van der Waals surface area (Å²) in [5.74, 6) is 0. The third kappa shape index (κ3) is 8.40. The Bertz CT molecular complexity index is 3190. The number of pyridine rings is 2. The molecule has 0 saturated heterocycles. The van der Waals surface area contributed by atoms with Gasteiger partial charge in [-0.1, -0.05) is 224 Å². The van der Waals surface area contributed by atoms with Crippen LogP contribution >= 0.6 is 0 Å². The summed E-state index contributed by atoms with van der Waals surface area (Å²) < 4.78 is 0. The molecule has 0 aliphatic rings. The van der Waals surface area contributed by atoms with Gasteiger partial charge >= 0.3 is 0 Å². The van der Waals surface area contributed by atoms with Crippen molar-refractivity contribution in [2.24, 2.45) is 0 Å². The van der Waals surface area contributed by atoms with E-state index < -0.39 is 0 Å². The Balaban J connectivity index is 1.05. The van der Waals surface area contributed by atoms with Crippen molar-refractivity contribution in [3.05, 3.63) is 267 Å². The van der Waals surface area contributed by atoms with Crippen molar-refractivity contribution in [1.29, 1.82) is 0 Å². The van der Waals surface area contributed by atoms with Crippen LogP contribution in [-0.4, -0.2) is 9.97 Å². The molecule has 2 heteroatoms. The van der Waals surface area contributed by atoms with Crippen molar-refractivity contribution in [2.75, 3.05) is 0 Å². The van der Waals surface area contributed by atoms with E-state index in [-0.39, 0.29) is 0 Å². The lowest BCUT2D eigenvalue weighted by Gasteiger charge is -2.16. The number of hydrogen-bond donors (Lipinski definition) is 0. The molecule has 0 saturated carbocycles. The summed E-state index contributed by atoms with van der Waals surface area (Å²) in [4.78, 5) is 10.7. The van der Waals surface area contributed by atoms with Crippen LogP contribution in [0.1, 0.15) is 0 Å². The van der Waals surface area contributed by atoms with Crippen LogP contribution in [0, 0.1) is 0 Å². The van der Waals surface area contributed by atoms with Crippen molar-refractivity contribution >= 4 is 0 Å². The van der Waals surface area contributed by atoms with Gasteiger partial charge in [0.05, 0.1) is 22.8 Å². The summed E-state index contributed by atoms with van der Waals surface area (Å²) in [6.07, 6.45) is 0. The van der Waals surface area contributed by atoms with Gasteiger partial charge in [-0.2, -0.15) is 0 Å². The van der Waals surface area contributed by atoms with Gasteiger partial charge in [0.2, 0.25) is 0 Å². The average molecular weight is 841 g/mol. The fourth-order valence-electron chi connectivity index (χ4n) is 8.94. The van der Waals surface area contributed by atoms with Crippen LogP contribution in [0.25, 0.3) is 112 Å². The number of nitrogens with zero attached hydrogens (tertiary/aromatic N) is 2. The van der Waals surface area contributed by atoms with Gasteiger partial charge in [0, 0.05) is 22.3 Å². The zero-order chi connectivity index (χ0) is 44.1. The first-order valence-corrected chi connectivity index (χ1v) is 22.5. The second-order valence-corrected chi connectivity index (χ2v) is 16.6. The van der Waals surface area contributed by atoms with Crippen molar-refractivity contribution in [2.45, 2.75) is 0 Å². The van der Waals surface area contributed by atoms with Gasteiger partial charge in [0.25, 0.3) is 0 Å². The summed E-state index contributed by atoms with van der Waals surface area (Å²) in [5.41, 5.74) is 21.7. The predicted octanol–water partition coefficient (Wildman–Crippen LogP) is 17.1. The molecule has 0 spiro atoms. The second kappa shape index (κ2) is 18.2. The lowest BCUT2D eigenvalue weighted by atomic mass is 9.91. The van der Waals surface area contributed by atoms with Crippen LogP contribution in [0.4, 0.5) is 0 Å². The van der Waals surface area contributed by atoms with E-state index in [0.717, 1.165) is 67.3 Å². The van der Waals surface area contributed by atoms with Crippen molar-refractivity contribution < 1.29 is 0 Å². The molecule has 0 unspecified atom stereocenters. The number of rotatable bonds is 10. The largest absolute Gasteiger partial charge is 0.248 e. The molecular formula is C64H44N2. The van der Waals surface area contributed by atoms with Crippen LogP contribution in [0.5, 0.6) is 0 Å². The molecule has 2 aromatic heterocycles. The highest BCUT2D eigenvalue weighted by Gasteiger charge is 2.17. The van der Waals surface area contributed by atoms with Gasteiger partial charge in [-0.15, -0.1) is 0 Å². The van der Waals surface area contributed by atoms with Gasteiger partial charge in [0.15, 0.2) is 0 Å². The summed E-state index contributed by atoms with van der Waals surface area (Å²) in [7, 11) is 0. The van der Waals surface area contributed by atoms with E-state index in [4.69, 9.17) is 9.97 Å². The summed E-state index contributed by atoms with van der Waals surface area (Å²) in [5, 5.41) is 0. The minimum Gasteiger partial charge on any atom is -0.248 e. The summed E-state index contributed by atoms with van der Waals surface area (Å²) in [6, 6.07) is 94.9. The monoisotopic (exact) mass is 840 g/mol. The zero-order valence-corrected chi connectivity index (χ0v) is 36.3. The molecule has 66 heavy (non-hydrogen) atoms. The average Bonchev–Trinajstić information content (AvgIpc) is 3.42. The Kier molecular flexibility index (Phi) is 11.0. The van der Waals surface area contributed by atoms with Crippen LogP contribution < -0.4 is 0 Å². The van der Waals surface area contributed by atoms with Gasteiger partial charge < -0.3 is 0 Å². The van der Waals surface area contributed by atoms with E-state index in [2.05, 4.69) is 267 Å². The van der Waals surface area contributed by atoms with E-state index in [0.29, 0.717) is 0 Å². The van der Waals surface area contributed by atoms with Gasteiger partial charge in [0.1, 0.15) is 0 Å². The molecule has 0 atom stereocenters. The van der Waals surface area contributed by atoms with Crippen LogP contribution in [0.3, 0.4) is 0 Å². The highest BCUT2D eigenvalue weighted by molar-refractivity contribution is 5.90. The summed E-state index contributed by atoms with van der Waals surface area (Å²) in [6.45, 7) is 0. The van der Waals surface area contributed by atoms with Crippen LogP contribution in [0.15, 0.2) is 267 Å². The Morgan fingerprint density at radius 3 is 0.758 bits per heavy atom. The molecule has 11 aromatic rings. The van der Waals surface area contributed by atoms with E-state index in [1.807, 2.05) is 0 Å². The molecule has 9 aromatic carbocycles. The lowest BCUT2D eigenvalue weighted by Crippen LogP contribution is -1.94. The van der Waals surface area contributed by atoms with E-state index in [1.165, 1.54) is 44.5 Å². The van der Waals surface area contributed by atoms with Crippen LogP contribution in [0.2, 0.25) is 0 Å². The first kappa shape index (κ1) is 40.1. The smallest absolute Gasteiger partial charge is 0.0715 e. The first-order chi connectivity index (χ1) is 32.7. The number of aromatic nitrogens is 2. The molecule has 2 heterocycles. The van der Waals surface area contributed by atoms with Gasteiger partial charge in [-0.3, -0.25) is 0 Å². The fourth-order valence-corrected chi connectivity index (χ4v) is 8.94. The maximum atomic E-state index is 5.35. The highest BCUT2D eigenvalue weighted by Crippen LogP contribution is 2.40. The molecule has 0 radical (unpaired) electrons. The summed E-state index contributed by atoms with van der Waals surface area (Å²) >= 11 is 0. The fraction of sp³-hybridized carbons (Fsp3) is 0. The molecule has 2 nitrogen and oxygen atoms in total. The topological polar surface area (TPSA) is 25.8 Å². The molecule has 0 fully saturated rings. The molecule has 310 valence electrons. The van der Waals surface area contributed by atoms with Crippen molar-refractivity contribution in [3.8, 4) is 112 Å². The molecule has 0 aliphatic heterocycles. The number of hydrogen-bond acceptors (Lipinski definition) is 2. The first-order valence-electron chi connectivity index (χ1n) is 22.5. The Hall–Kier alpha value is -8.72. The highest BCUT2D eigenvalue weighted by atomic mass is 14.7. The predicted molar refractivity (Wildman–Crippen MR) is 276 cm³/mol. The minimum atomic E-state index is 0.916. The third-order valence-electron chi connectivity index (χ3n) is 12.3. The molecule has 0 N–H and O–H groups in total. The van der Waals surface area contributed by atoms with E-state index >= 15 is 0 Å². The zero-order valence-electron chi connectivity index (χ0n) is 36.3. The quantitative estimate of drug-likeness (QED) is 0.137. The van der Waals surface area contributed by atoms with E-state index in [1.54, 1.807) is 0 Å². The molecule has 0 bridgehead atoms. The maximum absolute atomic E-state index is 5.35. The molecule has 0 amide bonds. The molecule has 0 aliphatic carbocycles. The van der Waals surface area contributed by atoms with E-state index in [9.17, 15) is 0 Å². The molecule has 11 rings (SSSR count). The lowest BCUT2D eigenvalue weighted by molar-refractivity contribution is 1.32. The van der Waals surface area contributed by atoms with Crippen molar-refractivity contribution in [1.82, 2.24) is 9.97 Å². The maximum Gasteiger partial charge on any atom is 0.0715 e. The second-order valence-electron chi connectivity index (χ2n) is 16.6. The normalized spacial score (nSPS) is 11.0. The SMILES string of the molecule is c1ccc(-c2cc(-c3cccc(-c4cc(-c5ccccc5)nc(-c5ccc(-c6ccccc6)c(-c6ccccc6)c5)c4)c3)cc(-c3ccc(-c4ccccc4)c(-c4ccccc4)c3)n2)cc1. The Morgan fingerprint density at radius 2 is 0.424 bits per heavy atom. The standard InChI is InChI=1S/C64H44N2/c1-7-20-45(21-8-1)57-36-34-53(39-59(57)47-24-11-3-12-25-47)63-43-55(41-61(65-63)49-28-15-5-16-29-49)51-32-19-33-52(38-51)56-42-62(50-30-17-6-18-31-50)66-64(44-56)54-35-37-58(46-22-9-2-10-23-46)60(40-54)48-26-13-4-14-27-48/h1-44H.